The molecule has 8 nitrogen and oxygen atoms in total. The highest BCUT2D eigenvalue weighted by Crippen LogP contribution is 2.23. The third-order valence-electron chi connectivity index (χ3n) is 5.25. The van der Waals surface area contributed by atoms with Gasteiger partial charge in [-0.25, -0.2) is 0 Å². The zero-order valence-electron chi connectivity index (χ0n) is 19.4. The van der Waals surface area contributed by atoms with Gasteiger partial charge in [0.25, 0.3) is 5.91 Å². The number of nitrogens with zero attached hydrogens (tertiary/aromatic N) is 3. The lowest BCUT2D eigenvalue weighted by molar-refractivity contribution is -0.113. The van der Waals surface area contributed by atoms with Crippen LogP contribution in [0.1, 0.15) is 27.0 Å². The molecule has 2 heterocycles. The van der Waals surface area contributed by atoms with E-state index in [1.54, 1.807) is 54.1 Å². The van der Waals surface area contributed by atoms with E-state index in [1.807, 2.05) is 32.9 Å². The Bertz CT molecular complexity index is 1340. The van der Waals surface area contributed by atoms with Crippen LogP contribution in [-0.2, 0) is 4.79 Å². The fourth-order valence-electron chi connectivity index (χ4n) is 3.66. The molecule has 174 valence electrons. The van der Waals surface area contributed by atoms with Crippen LogP contribution in [0.3, 0.4) is 0 Å². The minimum absolute atomic E-state index is 0.134. The van der Waals surface area contributed by atoms with Crippen LogP contribution in [0, 0.1) is 20.8 Å². The van der Waals surface area contributed by atoms with Crippen LogP contribution in [0.25, 0.3) is 5.65 Å². The number of amides is 2. The second-order valence-corrected chi connectivity index (χ2v) is 8.86. The molecular weight excluding hydrogens is 450 g/mol. The zero-order valence-corrected chi connectivity index (χ0v) is 20.2. The van der Waals surface area contributed by atoms with Crippen LogP contribution >= 0.6 is 11.8 Å². The van der Waals surface area contributed by atoms with E-state index >= 15 is 0 Å². The molecule has 2 N–H and O–H groups in total. The van der Waals surface area contributed by atoms with Crippen molar-refractivity contribution in [2.45, 2.75) is 25.9 Å². The maximum atomic E-state index is 12.7. The predicted molar refractivity (Wildman–Crippen MR) is 134 cm³/mol. The highest BCUT2D eigenvalue weighted by molar-refractivity contribution is 7.99. The van der Waals surface area contributed by atoms with E-state index in [-0.39, 0.29) is 17.6 Å². The van der Waals surface area contributed by atoms with E-state index in [4.69, 9.17) is 4.74 Å². The minimum Gasteiger partial charge on any atom is -0.497 e. The maximum Gasteiger partial charge on any atom is 0.257 e. The monoisotopic (exact) mass is 475 g/mol. The van der Waals surface area contributed by atoms with E-state index in [2.05, 4.69) is 20.8 Å². The summed E-state index contributed by atoms with van der Waals surface area (Å²) in [7, 11) is 1.59. The Morgan fingerprint density at radius 2 is 1.68 bits per heavy atom. The predicted octanol–water partition coefficient (Wildman–Crippen LogP) is 4.65. The molecule has 0 bridgehead atoms. The molecule has 0 radical (unpaired) electrons. The second-order valence-electron chi connectivity index (χ2n) is 7.92. The van der Waals surface area contributed by atoms with Crippen LogP contribution in [0.5, 0.6) is 5.75 Å². The first kappa shape index (κ1) is 23.3. The Morgan fingerprint density at radius 3 is 2.35 bits per heavy atom. The smallest absolute Gasteiger partial charge is 0.257 e. The van der Waals surface area contributed by atoms with E-state index < -0.39 is 0 Å². The third kappa shape index (κ3) is 5.20. The number of hydrogen-bond acceptors (Lipinski definition) is 6. The number of thioether (sulfide) groups is 1. The summed E-state index contributed by atoms with van der Waals surface area (Å²) in [5.41, 5.74) is 5.73. The van der Waals surface area contributed by atoms with E-state index in [1.165, 1.54) is 11.8 Å². The van der Waals surface area contributed by atoms with Crippen molar-refractivity contribution in [2.75, 3.05) is 23.5 Å². The number of fused-ring (bicyclic) bond motifs is 1. The zero-order chi connectivity index (χ0) is 24.2. The van der Waals surface area contributed by atoms with Gasteiger partial charge in [-0.05, 0) is 68.3 Å². The molecule has 4 rings (SSSR count). The van der Waals surface area contributed by atoms with Crippen LogP contribution in [-0.4, -0.2) is 39.3 Å². The first-order valence-electron chi connectivity index (χ1n) is 10.6. The van der Waals surface area contributed by atoms with Crippen molar-refractivity contribution in [3.8, 4) is 5.75 Å². The number of hydrogen-bond donors (Lipinski definition) is 2. The lowest BCUT2D eigenvalue weighted by Gasteiger charge is -2.12. The van der Waals surface area contributed by atoms with Gasteiger partial charge in [-0.1, -0.05) is 29.5 Å². The number of nitrogens with one attached hydrogen (secondary N) is 2. The molecule has 0 unspecified atom stereocenters. The molecule has 0 aliphatic rings. The van der Waals surface area contributed by atoms with Gasteiger partial charge in [0.15, 0.2) is 10.8 Å². The maximum absolute atomic E-state index is 12.7. The van der Waals surface area contributed by atoms with Crippen molar-refractivity contribution in [1.82, 2.24) is 14.6 Å². The summed E-state index contributed by atoms with van der Waals surface area (Å²) in [6.45, 7) is 5.99. The molecule has 0 saturated heterocycles. The second kappa shape index (κ2) is 9.96. The quantitative estimate of drug-likeness (QED) is 0.378. The van der Waals surface area contributed by atoms with Crippen LogP contribution < -0.4 is 15.4 Å². The van der Waals surface area contributed by atoms with Gasteiger partial charge in [0, 0.05) is 17.6 Å². The van der Waals surface area contributed by atoms with Crippen molar-refractivity contribution in [3.63, 3.8) is 0 Å². The van der Waals surface area contributed by atoms with Gasteiger partial charge in [-0.3, -0.25) is 14.0 Å². The number of rotatable bonds is 7. The number of carbonyl (C=O) groups excluding carboxylic acids is 2. The summed E-state index contributed by atoms with van der Waals surface area (Å²) in [6, 6.07) is 14.6. The lowest BCUT2D eigenvalue weighted by atomic mass is 10.1. The summed E-state index contributed by atoms with van der Waals surface area (Å²) in [5, 5.41) is 14.7. The summed E-state index contributed by atoms with van der Waals surface area (Å²) >= 11 is 1.26. The number of aromatic nitrogens is 3. The third-order valence-corrected chi connectivity index (χ3v) is 6.20. The van der Waals surface area contributed by atoms with Gasteiger partial charge in [-0.15, -0.1) is 10.2 Å². The number of anilines is 2. The average molecular weight is 476 g/mol. The van der Waals surface area contributed by atoms with Gasteiger partial charge < -0.3 is 15.4 Å². The first-order chi connectivity index (χ1) is 16.3. The normalized spacial score (nSPS) is 10.8. The highest BCUT2D eigenvalue weighted by atomic mass is 32.2. The molecule has 2 aromatic heterocycles. The van der Waals surface area contributed by atoms with Crippen molar-refractivity contribution in [1.29, 1.82) is 0 Å². The molecular formula is C25H25N5O3S. The van der Waals surface area contributed by atoms with Gasteiger partial charge in [-0.2, -0.15) is 0 Å². The van der Waals surface area contributed by atoms with Gasteiger partial charge in [0.2, 0.25) is 5.91 Å². The molecule has 0 aliphatic carbocycles. The SMILES string of the molecule is COc1ccc(NC(=O)c2ccc3nnc(SCC(=O)Nc4c(C)cc(C)cc4C)n3c2)cc1. The van der Waals surface area contributed by atoms with E-state index in [9.17, 15) is 9.59 Å². The van der Waals surface area contributed by atoms with Crippen molar-refractivity contribution < 1.29 is 14.3 Å². The van der Waals surface area contributed by atoms with Crippen LogP contribution in [0.15, 0.2) is 59.9 Å². The van der Waals surface area contributed by atoms with Gasteiger partial charge in [0.05, 0.1) is 18.4 Å². The van der Waals surface area contributed by atoms with Crippen molar-refractivity contribution in [3.05, 3.63) is 77.0 Å². The summed E-state index contributed by atoms with van der Waals surface area (Å²) in [5.74, 6) is 0.475. The number of ether oxygens (including phenoxy) is 1. The molecule has 0 aliphatic heterocycles. The number of aryl methyl sites for hydroxylation is 3. The molecule has 0 fully saturated rings. The molecule has 34 heavy (non-hydrogen) atoms. The lowest BCUT2D eigenvalue weighted by Crippen LogP contribution is -2.16. The van der Waals surface area contributed by atoms with E-state index in [0.29, 0.717) is 27.8 Å². The Hall–Kier alpha value is -3.85. The van der Waals surface area contributed by atoms with Gasteiger partial charge >= 0.3 is 0 Å². The molecule has 0 saturated carbocycles. The standard InChI is InChI=1S/C25H25N5O3S/c1-15-11-16(2)23(17(3)12-15)27-22(31)14-34-25-29-28-21-10-5-18(13-30(21)25)24(32)26-19-6-8-20(33-4)9-7-19/h5-13H,14H2,1-4H3,(H,26,32)(H,27,31). The molecule has 2 amide bonds. The summed E-state index contributed by atoms with van der Waals surface area (Å²) in [6.07, 6.45) is 1.67. The first-order valence-corrected chi connectivity index (χ1v) is 11.6. The topological polar surface area (TPSA) is 97.6 Å². The van der Waals surface area contributed by atoms with Crippen LogP contribution in [0.4, 0.5) is 11.4 Å². The Balaban J connectivity index is 1.45. The number of benzene rings is 2. The fourth-order valence-corrected chi connectivity index (χ4v) is 4.38. The molecule has 4 aromatic rings. The van der Waals surface area contributed by atoms with Crippen LogP contribution in [0.2, 0.25) is 0 Å². The Kier molecular flexibility index (Phi) is 6.83. The number of methoxy groups -OCH3 is 1. The van der Waals surface area contributed by atoms with E-state index in [0.717, 1.165) is 22.4 Å². The summed E-state index contributed by atoms with van der Waals surface area (Å²) in [4.78, 5) is 25.3. The Morgan fingerprint density at radius 1 is 0.971 bits per heavy atom. The van der Waals surface area contributed by atoms with Crippen molar-refractivity contribution in [2.24, 2.45) is 0 Å². The summed E-state index contributed by atoms with van der Waals surface area (Å²) < 4.78 is 6.85. The minimum atomic E-state index is -0.264. The largest absolute Gasteiger partial charge is 0.497 e. The Labute approximate surface area is 201 Å². The molecule has 9 heteroatoms. The van der Waals surface area contributed by atoms with Crippen molar-refractivity contribution >= 4 is 40.6 Å². The number of carbonyl (C=O) groups is 2. The number of pyridine rings is 1. The van der Waals surface area contributed by atoms with Gasteiger partial charge in [0.1, 0.15) is 5.75 Å². The average Bonchev–Trinajstić information content (AvgIpc) is 3.22. The molecule has 0 atom stereocenters. The molecule has 2 aromatic carbocycles. The highest BCUT2D eigenvalue weighted by Gasteiger charge is 2.14. The fraction of sp³-hybridized carbons (Fsp3) is 0.200. The molecule has 0 spiro atoms.